The number of hydrogen-bond acceptors (Lipinski definition) is 4. The van der Waals surface area contributed by atoms with Gasteiger partial charge in [0.25, 0.3) is 5.56 Å². The van der Waals surface area contributed by atoms with E-state index in [4.69, 9.17) is 11.6 Å². The van der Waals surface area contributed by atoms with Crippen molar-refractivity contribution in [1.82, 2.24) is 14.7 Å². The van der Waals surface area contributed by atoms with Crippen molar-refractivity contribution >= 4 is 23.2 Å². The van der Waals surface area contributed by atoms with E-state index >= 15 is 0 Å². The molecule has 1 aliphatic heterocycles. The van der Waals surface area contributed by atoms with E-state index in [1.165, 1.54) is 18.2 Å². The van der Waals surface area contributed by atoms with Gasteiger partial charge in [-0.05, 0) is 55.0 Å². The molecular formula is C23H22ClFN4O2. The van der Waals surface area contributed by atoms with Crippen LogP contribution in [0.25, 0.3) is 11.3 Å². The molecule has 1 saturated heterocycles. The fourth-order valence-corrected chi connectivity index (χ4v) is 3.85. The number of aromatic nitrogens is 2. The summed E-state index contributed by atoms with van der Waals surface area (Å²) in [5, 5.41) is 4.99. The Morgan fingerprint density at radius 2 is 1.74 bits per heavy atom. The molecule has 31 heavy (non-hydrogen) atoms. The minimum absolute atomic E-state index is 0.135. The maximum Gasteiger partial charge on any atom is 0.267 e. The van der Waals surface area contributed by atoms with Crippen LogP contribution in [-0.4, -0.2) is 46.8 Å². The lowest BCUT2D eigenvalue weighted by atomic mass is 10.1. The van der Waals surface area contributed by atoms with Gasteiger partial charge in [-0.3, -0.25) is 9.59 Å². The van der Waals surface area contributed by atoms with Crippen LogP contribution in [0.2, 0.25) is 5.02 Å². The van der Waals surface area contributed by atoms with Crippen LogP contribution < -0.4 is 10.5 Å². The van der Waals surface area contributed by atoms with Gasteiger partial charge in [0.1, 0.15) is 12.4 Å². The third-order valence-corrected chi connectivity index (χ3v) is 5.67. The minimum atomic E-state index is -0.354. The van der Waals surface area contributed by atoms with Gasteiger partial charge in [-0.1, -0.05) is 17.7 Å². The molecule has 6 nitrogen and oxygen atoms in total. The summed E-state index contributed by atoms with van der Waals surface area (Å²) < 4.78 is 14.3. The van der Waals surface area contributed by atoms with Gasteiger partial charge >= 0.3 is 0 Å². The molecule has 0 atom stereocenters. The van der Waals surface area contributed by atoms with Crippen LogP contribution in [0.3, 0.4) is 0 Å². The summed E-state index contributed by atoms with van der Waals surface area (Å²) in [6.45, 7) is 4.38. The third-order valence-electron chi connectivity index (χ3n) is 5.44. The molecular weight excluding hydrogens is 419 g/mol. The number of halogens is 2. The van der Waals surface area contributed by atoms with Crippen molar-refractivity contribution in [1.29, 1.82) is 0 Å². The summed E-state index contributed by atoms with van der Waals surface area (Å²) in [4.78, 5) is 29.0. The average Bonchev–Trinajstić information content (AvgIpc) is 2.77. The molecule has 4 rings (SSSR count). The zero-order chi connectivity index (χ0) is 22.0. The van der Waals surface area contributed by atoms with Gasteiger partial charge < -0.3 is 9.80 Å². The van der Waals surface area contributed by atoms with Crippen LogP contribution in [0.4, 0.5) is 10.1 Å². The van der Waals surface area contributed by atoms with E-state index in [2.05, 4.69) is 10.00 Å². The first-order chi connectivity index (χ1) is 14.9. The first-order valence-electron chi connectivity index (χ1n) is 10.0. The second-order valence-corrected chi connectivity index (χ2v) is 7.96. The van der Waals surface area contributed by atoms with Gasteiger partial charge in [0.15, 0.2) is 0 Å². The van der Waals surface area contributed by atoms with E-state index in [-0.39, 0.29) is 23.8 Å². The van der Waals surface area contributed by atoms with Crippen molar-refractivity contribution in [2.45, 2.75) is 13.5 Å². The molecule has 2 aromatic carbocycles. The van der Waals surface area contributed by atoms with Gasteiger partial charge in [0.2, 0.25) is 5.91 Å². The van der Waals surface area contributed by atoms with E-state index in [1.807, 2.05) is 25.1 Å². The molecule has 0 saturated carbocycles. The summed E-state index contributed by atoms with van der Waals surface area (Å²) in [6.07, 6.45) is 0. The Bertz CT molecular complexity index is 1150. The maximum atomic E-state index is 13.2. The van der Waals surface area contributed by atoms with Crippen molar-refractivity contribution in [3.05, 3.63) is 81.4 Å². The summed E-state index contributed by atoms with van der Waals surface area (Å²) in [7, 11) is 0. The number of hydrogen-bond donors (Lipinski definition) is 0. The molecule has 0 aliphatic carbocycles. The number of aryl methyl sites for hydroxylation is 1. The van der Waals surface area contributed by atoms with E-state index in [1.54, 1.807) is 23.1 Å². The largest absolute Gasteiger partial charge is 0.368 e. The number of carbonyl (C=O) groups excluding carboxylic acids is 1. The lowest BCUT2D eigenvalue weighted by Gasteiger charge is -2.37. The van der Waals surface area contributed by atoms with Crippen molar-refractivity contribution in [3.8, 4) is 11.3 Å². The second-order valence-electron chi connectivity index (χ2n) is 7.52. The third kappa shape index (κ3) is 4.77. The maximum absolute atomic E-state index is 13.2. The lowest BCUT2D eigenvalue weighted by molar-refractivity contribution is -0.132. The van der Waals surface area contributed by atoms with Gasteiger partial charge in [0, 0.05) is 48.5 Å². The average molecular weight is 441 g/mol. The highest BCUT2D eigenvalue weighted by Crippen LogP contribution is 2.25. The number of nitrogens with zero attached hydrogens (tertiary/aromatic N) is 4. The molecule has 0 radical (unpaired) electrons. The van der Waals surface area contributed by atoms with Gasteiger partial charge in [-0.2, -0.15) is 5.10 Å². The minimum Gasteiger partial charge on any atom is -0.368 e. The Hall–Kier alpha value is -3.19. The molecule has 1 fully saturated rings. The Morgan fingerprint density at radius 3 is 2.45 bits per heavy atom. The van der Waals surface area contributed by atoms with E-state index in [9.17, 15) is 14.0 Å². The number of piperazine rings is 1. The Balaban J connectivity index is 1.43. The van der Waals surface area contributed by atoms with Crippen LogP contribution in [0.15, 0.2) is 59.4 Å². The number of benzene rings is 2. The number of anilines is 1. The standard InChI is InChI=1S/C23H22ClFN4O2/c1-16-2-5-18(24)14-21(16)27-10-12-28(13-11-27)23(31)15-29-22(30)9-8-20(26-29)17-3-6-19(25)7-4-17/h2-9,14H,10-13,15H2,1H3. The normalized spacial score (nSPS) is 14.0. The SMILES string of the molecule is Cc1ccc(Cl)cc1N1CCN(C(=O)Cn2nc(-c3ccc(F)cc3)ccc2=O)CC1. The summed E-state index contributed by atoms with van der Waals surface area (Å²) in [5.74, 6) is -0.507. The van der Waals surface area contributed by atoms with Crippen molar-refractivity contribution < 1.29 is 9.18 Å². The van der Waals surface area contributed by atoms with Gasteiger partial charge in [-0.15, -0.1) is 0 Å². The van der Waals surface area contributed by atoms with Crippen molar-refractivity contribution in [2.75, 3.05) is 31.1 Å². The van der Waals surface area contributed by atoms with Crippen LogP contribution in [0, 0.1) is 12.7 Å². The number of rotatable bonds is 4. The van der Waals surface area contributed by atoms with E-state index in [0.717, 1.165) is 15.9 Å². The number of carbonyl (C=O) groups is 1. The topological polar surface area (TPSA) is 58.4 Å². The molecule has 1 aromatic heterocycles. The molecule has 0 bridgehead atoms. The summed E-state index contributed by atoms with van der Waals surface area (Å²) in [5.41, 5.74) is 3.04. The molecule has 160 valence electrons. The van der Waals surface area contributed by atoms with Gasteiger partial charge in [0.05, 0.1) is 5.69 Å². The number of amides is 1. The van der Waals surface area contributed by atoms with Crippen LogP contribution >= 0.6 is 11.6 Å². The Kier molecular flexibility index (Phi) is 6.04. The molecule has 3 aromatic rings. The molecule has 0 spiro atoms. The monoisotopic (exact) mass is 440 g/mol. The molecule has 1 aliphatic rings. The zero-order valence-corrected chi connectivity index (χ0v) is 17.8. The predicted molar refractivity (Wildman–Crippen MR) is 119 cm³/mol. The Morgan fingerprint density at radius 1 is 1.03 bits per heavy atom. The quantitative estimate of drug-likeness (QED) is 0.624. The van der Waals surface area contributed by atoms with Crippen molar-refractivity contribution in [3.63, 3.8) is 0 Å². The fraction of sp³-hybridized carbons (Fsp3) is 0.261. The zero-order valence-electron chi connectivity index (χ0n) is 17.1. The smallest absolute Gasteiger partial charge is 0.267 e. The summed E-state index contributed by atoms with van der Waals surface area (Å²) >= 11 is 6.14. The summed E-state index contributed by atoms with van der Waals surface area (Å²) in [6, 6.07) is 14.6. The first-order valence-corrected chi connectivity index (χ1v) is 10.4. The molecule has 2 heterocycles. The van der Waals surface area contributed by atoms with Crippen LogP contribution in [0.5, 0.6) is 0 Å². The van der Waals surface area contributed by atoms with E-state index < -0.39 is 0 Å². The second kappa shape index (κ2) is 8.89. The highest BCUT2D eigenvalue weighted by Gasteiger charge is 2.23. The molecule has 0 N–H and O–H groups in total. The molecule has 8 heteroatoms. The van der Waals surface area contributed by atoms with Crippen molar-refractivity contribution in [2.24, 2.45) is 0 Å². The predicted octanol–water partition coefficient (Wildman–Crippen LogP) is 3.36. The highest BCUT2D eigenvalue weighted by atomic mass is 35.5. The Labute approximate surface area is 184 Å². The van der Waals surface area contributed by atoms with Crippen LogP contribution in [-0.2, 0) is 11.3 Å². The van der Waals surface area contributed by atoms with Gasteiger partial charge in [-0.25, -0.2) is 9.07 Å². The first kappa shape index (κ1) is 21.1. The molecule has 0 unspecified atom stereocenters. The highest BCUT2D eigenvalue weighted by molar-refractivity contribution is 6.30. The van der Waals surface area contributed by atoms with Crippen LogP contribution in [0.1, 0.15) is 5.56 Å². The fourth-order valence-electron chi connectivity index (χ4n) is 3.68. The molecule has 1 amide bonds. The van der Waals surface area contributed by atoms with E-state index in [0.29, 0.717) is 42.5 Å². The lowest BCUT2D eigenvalue weighted by Crippen LogP contribution is -2.50.